The third kappa shape index (κ3) is 4.85. The SMILES string of the molecule is CCCCCC(=O)NOS(=O)(=O)c1ccccc1. The van der Waals surface area contributed by atoms with Gasteiger partial charge in [-0.25, -0.2) is 5.48 Å². The van der Waals surface area contributed by atoms with Gasteiger partial charge in [0.25, 0.3) is 0 Å². The quantitative estimate of drug-likeness (QED) is 0.608. The number of amides is 1. The van der Waals surface area contributed by atoms with E-state index in [-0.39, 0.29) is 11.3 Å². The molecule has 0 heterocycles. The van der Waals surface area contributed by atoms with E-state index in [1.54, 1.807) is 18.2 Å². The molecular weight excluding hydrogens is 254 g/mol. The van der Waals surface area contributed by atoms with Gasteiger partial charge in [0, 0.05) is 6.42 Å². The first-order chi connectivity index (χ1) is 8.56. The highest BCUT2D eigenvalue weighted by molar-refractivity contribution is 7.86. The van der Waals surface area contributed by atoms with Crippen LogP contribution in [0, 0.1) is 0 Å². The Morgan fingerprint density at radius 2 is 1.89 bits per heavy atom. The largest absolute Gasteiger partial charge is 0.317 e. The highest BCUT2D eigenvalue weighted by Crippen LogP contribution is 2.10. The molecule has 0 aliphatic heterocycles. The number of unbranched alkanes of at least 4 members (excludes halogenated alkanes) is 2. The monoisotopic (exact) mass is 271 g/mol. The highest BCUT2D eigenvalue weighted by atomic mass is 32.2. The molecule has 1 aromatic carbocycles. The molecule has 0 unspecified atom stereocenters. The van der Waals surface area contributed by atoms with Crippen LogP contribution in [0.5, 0.6) is 0 Å². The summed E-state index contributed by atoms with van der Waals surface area (Å²) >= 11 is 0. The zero-order chi connectivity index (χ0) is 13.4. The highest BCUT2D eigenvalue weighted by Gasteiger charge is 2.16. The summed E-state index contributed by atoms with van der Waals surface area (Å²) in [5.41, 5.74) is 1.95. The van der Waals surface area contributed by atoms with Gasteiger partial charge in [-0.2, -0.15) is 8.42 Å². The molecule has 18 heavy (non-hydrogen) atoms. The Morgan fingerprint density at radius 1 is 1.22 bits per heavy atom. The maximum absolute atomic E-state index is 11.6. The maximum atomic E-state index is 11.6. The topological polar surface area (TPSA) is 72.5 Å². The van der Waals surface area contributed by atoms with E-state index in [0.717, 1.165) is 19.3 Å². The van der Waals surface area contributed by atoms with E-state index in [0.29, 0.717) is 0 Å². The molecule has 5 nitrogen and oxygen atoms in total. The van der Waals surface area contributed by atoms with E-state index in [9.17, 15) is 13.2 Å². The number of hydrogen-bond donors (Lipinski definition) is 1. The van der Waals surface area contributed by atoms with Crippen molar-refractivity contribution in [1.82, 2.24) is 5.48 Å². The minimum absolute atomic E-state index is 0.0128. The summed E-state index contributed by atoms with van der Waals surface area (Å²) in [6, 6.07) is 7.66. The lowest BCUT2D eigenvalue weighted by Gasteiger charge is -2.06. The van der Waals surface area contributed by atoms with Gasteiger partial charge >= 0.3 is 10.1 Å². The number of nitrogens with one attached hydrogen (secondary N) is 1. The number of carbonyl (C=O) groups is 1. The first-order valence-electron chi connectivity index (χ1n) is 5.83. The Kier molecular flexibility index (Phi) is 5.80. The molecule has 0 aliphatic carbocycles. The summed E-state index contributed by atoms with van der Waals surface area (Å²) < 4.78 is 27.7. The van der Waals surface area contributed by atoms with E-state index in [4.69, 9.17) is 0 Å². The molecule has 0 aromatic heterocycles. The summed E-state index contributed by atoms with van der Waals surface area (Å²) in [7, 11) is -3.92. The molecule has 1 aromatic rings. The summed E-state index contributed by atoms with van der Waals surface area (Å²) in [4.78, 5) is 11.3. The number of hydrogen-bond acceptors (Lipinski definition) is 4. The standard InChI is InChI=1S/C12H17NO4S/c1-2-3-5-10-12(14)13-17-18(15,16)11-8-6-4-7-9-11/h4,6-9H,2-3,5,10H2,1H3,(H,13,14). The van der Waals surface area contributed by atoms with Crippen LogP contribution in [-0.4, -0.2) is 14.3 Å². The average Bonchev–Trinajstić information content (AvgIpc) is 2.38. The molecule has 0 bridgehead atoms. The van der Waals surface area contributed by atoms with E-state index in [2.05, 4.69) is 4.28 Å². The number of carbonyl (C=O) groups excluding carboxylic acids is 1. The second-order valence-electron chi connectivity index (χ2n) is 3.83. The zero-order valence-corrected chi connectivity index (χ0v) is 11.1. The van der Waals surface area contributed by atoms with E-state index >= 15 is 0 Å². The van der Waals surface area contributed by atoms with Gasteiger partial charge in [0.2, 0.25) is 5.91 Å². The predicted octanol–water partition coefficient (Wildman–Crippen LogP) is 2.00. The maximum Gasteiger partial charge on any atom is 0.317 e. The lowest BCUT2D eigenvalue weighted by atomic mass is 10.2. The minimum atomic E-state index is -3.92. The van der Waals surface area contributed by atoms with Gasteiger partial charge in [0.05, 0.1) is 4.90 Å². The fourth-order valence-corrected chi connectivity index (χ4v) is 2.11. The van der Waals surface area contributed by atoms with Crippen LogP contribution in [-0.2, 0) is 19.2 Å². The Bertz CT molecular complexity index is 470. The van der Waals surface area contributed by atoms with Crippen LogP contribution in [0.1, 0.15) is 32.6 Å². The molecule has 0 saturated carbocycles. The van der Waals surface area contributed by atoms with Crippen molar-refractivity contribution in [2.75, 3.05) is 0 Å². The molecule has 0 saturated heterocycles. The molecule has 0 aliphatic rings. The summed E-state index contributed by atoms with van der Waals surface area (Å²) in [5.74, 6) is -0.428. The van der Waals surface area contributed by atoms with Crippen molar-refractivity contribution in [1.29, 1.82) is 0 Å². The van der Waals surface area contributed by atoms with Crippen LogP contribution >= 0.6 is 0 Å². The second-order valence-corrected chi connectivity index (χ2v) is 5.38. The average molecular weight is 271 g/mol. The van der Waals surface area contributed by atoms with Crippen molar-refractivity contribution in [2.45, 2.75) is 37.5 Å². The first kappa shape index (κ1) is 14.7. The van der Waals surface area contributed by atoms with Gasteiger partial charge in [-0.1, -0.05) is 38.0 Å². The third-order valence-corrected chi connectivity index (χ3v) is 3.46. The second kappa shape index (κ2) is 7.13. The molecule has 1 amide bonds. The van der Waals surface area contributed by atoms with Crippen LogP contribution in [0.15, 0.2) is 35.2 Å². The molecule has 6 heteroatoms. The minimum Gasteiger partial charge on any atom is -0.273 e. The fraction of sp³-hybridized carbons (Fsp3) is 0.417. The normalized spacial score (nSPS) is 11.2. The summed E-state index contributed by atoms with van der Waals surface area (Å²) in [5, 5.41) is 0. The first-order valence-corrected chi connectivity index (χ1v) is 7.24. The number of rotatable bonds is 7. The lowest BCUT2D eigenvalue weighted by Crippen LogP contribution is -2.26. The van der Waals surface area contributed by atoms with Crippen LogP contribution in [0.2, 0.25) is 0 Å². The zero-order valence-electron chi connectivity index (χ0n) is 10.3. The molecule has 0 radical (unpaired) electrons. The van der Waals surface area contributed by atoms with Gasteiger partial charge < -0.3 is 0 Å². The third-order valence-electron chi connectivity index (χ3n) is 2.30. The van der Waals surface area contributed by atoms with E-state index < -0.39 is 16.0 Å². The Morgan fingerprint density at radius 3 is 2.50 bits per heavy atom. The Balaban J connectivity index is 2.46. The van der Waals surface area contributed by atoms with Crippen LogP contribution < -0.4 is 5.48 Å². The molecule has 0 atom stereocenters. The van der Waals surface area contributed by atoms with Crippen LogP contribution in [0.4, 0.5) is 0 Å². The smallest absolute Gasteiger partial charge is 0.273 e. The van der Waals surface area contributed by atoms with Crippen molar-refractivity contribution < 1.29 is 17.5 Å². The van der Waals surface area contributed by atoms with E-state index in [1.807, 2.05) is 12.4 Å². The van der Waals surface area contributed by atoms with Gasteiger partial charge in [-0.05, 0) is 18.6 Å². The fourth-order valence-electron chi connectivity index (χ4n) is 1.32. The lowest BCUT2D eigenvalue weighted by molar-refractivity contribution is -0.127. The molecule has 1 N–H and O–H groups in total. The van der Waals surface area contributed by atoms with Crippen molar-refractivity contribution in [2.24, 2.45) is 0 Å². The Hall–Kier alpha value is -1.40. The molecule has 0 spiro atoms. The van der Waals surface area contributed by atoms with Crippen LogP contribution in [0.3, 0.4) is 0 Å². The van der Waals surface area contributed by atoms with Crippen molar-refractivity contribution >= 4 is 16.0 Å². The number of benzene rings is 1. The van der Waals surface area contributed by atoms with Gasteiger partial charge in [-0.3, -0.25) is 4.79 Å². The van der Waals surface area contributed by atoms with Crippen molar-refractivity contribution in [3.8, 4) is 0 Å². The predicted molar refractivity (Wildman–Crippen MR) is 67.0 cm³/mol. The summed E-state index contributed by atoms with van der Waals surface area (Å²) in [6.45, 7) is 2.02. The molecule has 0 fully saturated rings. The Labute approximate surface area is 107 Å². The van der Waals surface area contributed by atoms with Crippen molar-refractivity contribution in [3.05, 3.63) is 30.3 Å². The van der Waals surface area contributed by atoms with E-state index in [1.165, 1.54) is 12.1 Å². The van der Waals surface area contributed by atoms with Crippen LogP contribution in [0.25, 0.3) is 0 Å². The van der Waals surface area contributed by atoms with Gasteiger partial charge in [0.1, 0.15) is 0 Å². The van der Waals surface area contributed by atoms with Gasteiger partial charge in [0.15, 0.2) is 0 Å². The van der Waals surface area contributed by atoms with Crippen molar-refractivity contribution in [3.63, 3.8) is 0 Å². The van der Waals surface area contributed by atoms with Gasteiger partial charge in [-0.15, -0.1) is 4.28 Å². The molecule has 1 rings (SSSR count). The molecular formula is C12H17NO4S. The molecule has 100 valence electrons. The number of hydroxylamine groups is 1. The summed E-state index contributed by atoms with van der Waals surface area (Å²) in [6.07, 6.45) is 2.91.